The van der Waals surface area contributed by atoms with Crippen LogP contribution in [0, 0.1) is 0 Å². The van der Waals surface area contributed by atoms with Crippen molar-refractivity contribution < 1.29 is 4.79 Å². The Morgan fingerprint density at radius 1 is 0.710 bits per heavy atom. The van der Waals surface area contributed by atoms with E-state index in [1.54, 1.807) is 0 Å². The zero-order valence-corrected chi connectivity index (χ0v) is 21.6. The first-order valence-corrected chi connectivity index (χ1v) is 14.1. The zero-order valence-electron chi connectivity index (χ0n) is 21.6. The monoisotopic (exact) mass is 436 g/mol. The molecule has 0 unspecified atom stereocenters. The van der Waals surface area contributed by atoms with Gasteiger partial charge in [-0.2, -0.15) is 0 Å². The molecule has 0 aromatic carbocycles. The van der Waals surface area contributed by atoms with Crippen LogP contribution in [0.25, 0.3) is 0 Å². The van der Waals surface area contributed by atoms with E-state index in [1.807, 2.05) is 0 Å². The first-order chi connectivity index (χ1) is 15.1. The highest BCUT2D eigenvalue weighted by molar-refractivity contribution is 5.78. The molecule has 0 aromatic heterocycles. The van der Waals surface area contributed by atoms with Gasteiger partial charge in [-0.3, -0.25) is 4.79 Å². The number of likely N-dealkylation sites (tertiary alicyclic amines) is 1. The Labute approximate surface area is 195 Å². The van der Waals surface area contributed by atoms with Gasteiger partial charge in [0.05, 0.1) is 0 Å². The average molecular weight is 437 g/mol. The number of unbranched alkanes of at least 4 members (excludes halogenated alkanes) is 15. The number of carbonyl (C=O) groups is 1. The molecule has 1 fully saturated rings. The summed E-state index contributed by atoms with van der Waals surface area (Å²) in [4.78, 5) is 14.0. The molecule has 0 spiro atoms. The molecule has 1 amide bonds. The molecule has 1 rings (SSSR count). The third kappa shape index (κ3) is 15.0. The van der Waals surface area contributed by atoms with Gasteiger partial charge in [0.25, 0.3) is 0 Å². The molecule has 1 N–H and O–H groups in total. The molecule has 1 saturated heterocycles. The molecular formula is C28H56N2O. The van der Waals surface area contributed by atoms with Crippen LogP contribution in [0.1, 0.15) is 149 Å². The summed E-state index contributed by atoms with van der Waals surface area (Å²) in [7, 11) is 0. The predicted octanol–water partition coefficient (Wildman–Crippen LogP) is 8.02. The summed E-state index contributed by atoms with van der Waals surface area (Å²) >= 11 is 0. The van der Waals surface area contributed by atoms with Crippen molar-refractivity contribution in [3.8, 4) is 0 Å². The molecule has 0 bridgehead atoms. The maximum atomic E-state index is 11.9. The fourth-order valence-corrected chi connectivity index (χ4v) is 4.99. The van der Waals surface area contributed by atoms with Crippen molar-refractivity contribution in [3.63, 3.8) is 0 Å². The third-order valence-electron chi connectivity index (χ3n) is 7.15. The summed E-state index contributed by atoms with van der Waals surface area (Å²) in [6, 6.07) is 0. The maximum Gasteiger partial charge on any atom is 0.223 e. The topological polar surface area (TPSA) is 32.3 Å². The minimum Gasteiger partial charge on any atom is -0.338 e. The van der Waals surface area contributed by atoms with Crippen LogP contribution in [0.15, 0.2) is 0 Å². The van der Waals surface area contributed by atoms with E-state index < -0.39 is 0 Å². The molecule has 0 radical (unpaired) electrons. The molecule has 1 aliphatic heterocycles. The van der Waals surface area contributed by atoms with Crippen LogP contribution < -0.4 is 5.32 Å². The van der Waals surface area contributed by atoms with Crippen LogP contribution in [-0.2, 0) is 4.79 Å². The van der Waals surface area contributed by atoms with Gasteiger partial charge in [0.15, 0.2) is 0 Å². The number of carbonyl (C=O) groups excluding carboxylic acids is 1. The van der Waals surface area contributed by atoms with Crippen molar-refractivity contribution in [2.24, 2.45) is 0 Å². The van der Waals surface area contributed by atoms with Crippen molar-refractivity contribution in [1.82, 2.24) is 10.2 Å². The second kappa shape index (κ2) is 18.9. The number of amides is 1. The first-order valence-electron chi connectivity index (χ1n) is 14.1. The molecular weight excluding hydrogens is 380 g/mol. The molecule has 0 aliphatic carbocycles. The highest BCUT2D eigenvalue weighted by atomic mass is 16.2. The van der Waals surface area contributed by atoms with Gasteiger partial charge in [-0.25, -0.2) is 0 Å². The predicted molar refractivity (Wildman–Crippen MR) is 137 cm³/mol. The normalized spacial score (nSPS) is 14.7. The van der Waals surface area contributed by atoms with E-state index in [0.29, 0.717) is 5.91 Å². The van der Waals surface area contributed by atoms with Crippen molar-refractivity contribution in [2.45, 2.75) is 155 Å². The summed E-state index contributed by atoms with van der Waals surface area (Å²) < 4.78 is 0. The molecule has 0 aromatic rings. The third-order valence-corrected chi connectivity index (χ3v) is 7.15. The molecule has 184 valence electrons. The second-order valence-corrected chi connectivity index (χ2v) is 10.6. The Hall–Kier alpha value is -0.570. The van der Waals surface area contributed by atoms with Gasteiger partial charge in [-0.15, -0.1) is 0 Å². The van der Waals surface area contributed by atoms with Crippen LogP contribution in [0.4, 0.5) is 0 Å². The van der Waals surface area contributed by atoms with Crippen molar-refractivity contribution >= 4 is 5.91 Å². The molecule has 1 aliphatic rings. The molecule has 3 nitrogen and oxygen atoms in total. The van der Waals surface area contributed by atoms with Gasteiger partial charge in [-0.05, 0) is 52.6 Å². The quantitative estimate of drug-likeness (QED) is 0.174. The lowest BCUT2D eigenvalue weighted by atomic mass is 9.96. The number of hydrogen-bond acceptors (Lipinski definition) is 2. The molecule has 3 heteroatoms. The molecule has 0 saturated carbocycles. The van der Waals surface area contributed by atoms with E-state index in [1.165, 1.54) is 103 Å². The summed E-state index contributed by atoms with van der Waals surface area (Å²) in [5, 5.41) is 3.61. The lowest BCUT2D eigenvalue weighted by Crippen LogP contribution is -2.44. The van der Waals surface area contributed by atoms with E-state index in [0.717, 1.165) is 45.3 Å². The van der Waals surface area contributed by atoms with Gasteiger partial charge in [0.1, 0.15) is 0 Å². The molecule has 0 atom stereocenters. The average Bonchev–Trinajstić information content (AvgIpc) is 3.19. The van der Waals surface area contributed by atoms with Crippen LogP contribution in [0.5, 0.6) is 0 Å². The Morgan fingerprint density at radius 2 is 1.16 bits per heavy atom. The fraction of sp³-hybridized carbons (Fsp3) is 0.964. The summed E-state index contributed by atoms with van der Waals surface area (Å²) in [5.41, 5.74) is 0.0313. The van der Waals surface area contributed by atoms with Gasteiger partial charge in [0.2, 0.25) is 5.91 Å². The van der Waals surface area contributed by atoms with E-state index >= 15 is 0 Å². The summed E-state index contributed by atoms with van der Waals surface area (Å²) in [6.07, 6.45) is 26.9. The molecule has 31 heavy (non-hydrogen) atoms. The fourth-order valence-electron chi connectivity index (χ4n) is 4.99. The number of hydrogen-bond donors (Lipinski definition) is 1. The lowest BCUT2D eigenvalue weighted by Gasteiger charge is -2.35. The Morgan fingerprint density at radius 3 is 1.61 bits per heavy atom. The second-order valence-electron chi connectivity index (χ2n) is 10.6. The Bertz CT molecular complexity index is 421. The van der Waals surface area contributed by atoms with E-state index in [9.17, 15) is 4.79 Å². The van der Waals surface area contributed by atoms with E-state index in [2.05, 4.69) is 31.0 Å². The Kier molecular flexibility index (Phi) is 17.4. The maximum absolute atomic E-state index is 11.9. The van der Waals surface area contributed by atoms with E-state index in [-0.39, 0.29) is 5.54 Å². The number of nitrogens with one attached hydrogen (secondary N) is 1. The largest absolute Gasteiger partial charge is 0.338 e. The minimum absolute atomic E-state index is 0.0313. The van der Waals surface area contributed by atoms with E-state index in [4.69, 9.17) is 0 Å². The van der Waals surface area contributed by atoms with Crippen molar-refractivity contribution in [1.29, 1.82) is 0 Å². The van der Waals surface area contributed by atoms with Crippen LogP contribution in [0.3, 0.4) is 0 Å². The minimum atomic E-state index is 0.0313. The van der Waals surface area contributed by atoms with Crippen LogP contribution in [0.2, 0.25) is 0 Å². The van der Waals surface area contributed by atoms with Crippen LogP contribution >= 0.6 is 0 Å². The highest BCUT2D eigenvalue weighted by Gasteiger charge is 2.33. The van der Waals surface area contributed by atoms with Crippen molar-refractivity contribution in [2.75, 3.05) is 19.6 Å². The highest BCUT2D eigenvalue weighted by Crippen LogP contribution is 2.26. The first kappa shape index (κ1) is 28.5. The number of nitrogens with zero attached hydrogens (tertiary/aromatic N) is 1. The van der Waals surface area contributed by atoms with Crippen molar-refractivity contribution in [3.05, 3.63) is 0 Å². The lowest BCUT2D eigenvalue weighted by molar-refractivity contribution is -0.132. The SMILES string of the molecule is CCCCCCCCCCCCCCCCCCNCCCC(C)(C)N1CCCC1=O. The Balaban J connectivity index is 1.75. The molecule has 1 heterocycles. The van der Waals surface area contributed by atoms with Gasteiger partial charge < -0.3 is 10.2 Å². The van der Waals surface area contributed by atoms with Crippen LogP contribution in [-0.4, -0.2) is 36.0 Å². The number of rotatable bonds is 22. The standard InChI is InChI=1S/C28H56N2O/c1-4-5-6-7-8-9-10-11-12-13-14-15-16-17-18-19-24-29-25-21-23-28(2,3)30-26-20-22-27(30)31/h29H,4-26H2,1-3H3. The van der Waals surface area contributed by atoms with Gasteiger partial charge in [-0.1, -0.05) is 103 Å². The summed E-state index contributed by atoms with van der Waals surface area (Å²) in [5.74, 6) is 0.353. The summed E-state index contributed by atoms with van der Waals surface area (Å²) in [6.45, 7) is 9.95. The van der Waals surface area contributed by atoms with Gasteiger partial charge in [0, 0.05) is 18.5 Å². The smallest absolute Gasteiger partial charge is 0.223 e. The zero-order chi connectivity index (χ0) is 22.6. The van der Waals surface area contributed by atoms with Gasteiger partial charge >= 0.3 is 0 Å².